The second-order valence-electron chi connectivity index (χ2n) is 6.54. The fraction of sp³-hybridized carbons (Fsp3) is 0.273. The summed E-state index contributed by atoms with van der Waals surface area (Å²) in [5.41, 5.74) is 0.743. The van der Waals surface area contributed by atoms with Gasteiger partial charge in [-0.15, -0.1) is 0 Å². The van der Waals surface area contributed by atoms with Gasteiger partial charge in [0.15, 0.2) is 0 Å². The molecule has 0 aliphatic carbocycles. The van der Waals surface area contributed by atoms with Crippen molar-refractivity contribution >= 4 is 18.0 Å². The molecule has 3 rings (SSSR count). The molecule has 0 spiro atoms. The van der Waals surface area contributed by atoms with Crippen LogP contribution in [-0.2, 0) is 14.3 Å². The van der Waals surface area contributed by atoms with Gasteiger partial charge in [0.25, 0.3) is 0 Å². The zero-order valence-corrected chi connectivity index (χ0v) is 15.5. The molecule has 0 radical (unpaired) electrons. The lowest BCUT2D eigenvalue weighted by Gasteiger charge is -2.33. The summed E-state index contributed by atoms with van der Waals surface area (Å²) in [6.07, 6.45) is 4.57. The summed E-state index contributed by atoms with van der Waals surface area (Å²) in [5, 5.41) is 2.88. The van der Waals surface area contributed by atoms with Crippen LogP contribution < -0.4 is 10.1 Å². The van der Waals surface area contributed by atoms with Gasteiger partial charge < -0.3 is 14.8 Å². The average Bonchev–Trinajstić information content (AvgIpc) is 3.11. The Morgan fingerprint density at radius 3 is 2.56 bits per heavy atom. The number of nitrogens with one attached hydrogen (secondary N) is 1. The summed E-state index contributed by atoms with van der Waals surface area (Å²) in [5.74, 6) is -0.304. The molecule has 1 N–H and O–H groups in total. The zero-order chi connectivity index (χ0) is 19.3. The molecule has 0 aromatic heterocycles. The third-order valence-electron chi connectivity index (χ3n) is 4.92. The molecule has 1 amide bonds. The Labute approximate surface area is 159 Å². The van der Waals surface area contributed by atoms with Gasteiger partial charge in [0, 0.05) is 12.3 Å². The highest BCUT2D eigenvalue weighted by Crippen LogP contribution is 2.39. The third kappa shape index (κ3) is 3.87. The van der Waals surface area contributed by atoms with Gasteiger partial charge in [-0.25, -0.2) is 4.79 Å². The highest BCUT2D eigenvalue weighted by Gasteiger charge is 2.51. The molecule has 1 saturated heterocycles. The topological polar surface area (TPSA) is 64.6 Å². The Balaban J connectivity index is 2.09. The molecule has 2 aromatic carbocycles. The molecule has 5 nitrogen and oxygen atoms in total. The van der Waals surface area contributed by atoms with Gasteiger partial charge in [0.05, 0.1) is 14.2 Å². The number of hydrogen-bond acceptors (Lipinski definition) is 4. The minimum Gasteiger partial charge on any atom is -0.497 e. The van der Waals surface area contributed by atoms with Crippen LogP contribution in [0.4, 0.5) is 0 Å². The van der Waals surface area contributed by atoms with Crippen LogP contribution in [0.25, 0.3) is 6.08 Å². The minimum absolute atomic E-state index is 0.151. The van der Waals surface area contributed by atoms with Crippen LogP contribution in [0, 0.1) is 0 Å². The molecular formula is C22H23NO4. The predicted octanol–water partition coefficient (Wildman–Crippen LogP) is 3.31. The second-order valence-corrected chi connectivity index (χ2v) is 6.54. The lowest BCUT2D eigenvalue weighted by molar-refractivity contribution is -0.149. The monoisotopic (exact) mass is 365 g/mol. The number of amides is 1. The molecule has 140 valence electrons. The average molecular weight is 365 g/mol. The van der Waals surface area contributed by atoms with E-state index in [1.54, 1.807) is 7.11 Å². The van der Waals surface area contributed by atoms with Crippen LogP contribution in [0.1, 0.15) is 29.9 Å². The third-order valence-corrected chi connectivity index (χ3v) is 4.92. The van der Waals surface area contributed by atoms with Crippen molar-refractivity contribution in [3.63, 3.8) is 0 Å². The smallest absolute Gasteiger partial charge is 0.332 e. The van der Waals surface area contributed by atoms with Crippen molar-refractivity contribution in [1.82, 2.24) is 5.32 Å². The Morgan fingerprint density at radius 1 is 1.15 bits per heavy atom. The van der Waals surface area contributed by atoms with E-state index in [1.165, 1.54) is 7.11 Å². The van der Waals surface area contributed by atoms with Gasteiger partial charge in [0.1, 0.15) is 11.3 Å². The van der Waals surface area contributed by atoms with E-state index in [0.717, 1.165) is 11.1 Å². The summed E-state index contributed by atoms with van der Waals surface area (Å²) >= 11 is 0. The number of methoxy groups -OCH3 is 2. The van der Waals surface area contributed by atoms with Gasteiger partial charge in [0.2, 0.25) is 5.91 Å². The Hall–Kier alpha value is -3.08. The van der Waals surface area contributed by atoms with Crippen molar-refractivity contribution in [2.45, 2.75) is 24.3 Å². The van der Waals surface area contributed by atoms with E-state index in [0.29, 0.717) is 12.2 Å². The van der Waals surface area contributed by atoms with Crippen molar-refractivity contribution < 1.29 is 19.1 Å². The molecule has 1 aliphatic rings. The van der Waals surface area contributed by atoms with Crippen molar-refractivity contribution in [3.8, 4) is 5.75 Å². The molecule has 0 unspecified atom stereocenters. The van der Waals surface area contributed by atoms with E-state index < -0.39 is 17.4 Å². The summed E-state index contributed by atoms with van der Waals surface area (Å²) in [4.78, 5) is 24.8. The van der Waals surface area contributed by atoms with E-state index in [9.17, 15) is 9.59 Å². The number of hydrogen-bond donors (Lipinski definition) is 1. The van der Waals surface area contributed by atoms with Gasteiger partial charge in [-0.2, -0.15) is 0 Å². The molecule has 2 aromatic rings. The number of carbonyl (C=O) groups excluding carboxylic acids is 2. The number of esters is 1. The first-order valence-corrected chi connectivity index (χ1v) is 8.85. The first-order valence-electron chi connectivity index (χ1n) is 8.85. The summed E-state index contributed by atoms with van der Waals surface area (Å²) in [7, 11) is 2.94. The van der Waals surface area contributed by atoms with Gasteiger partial charge in [-0.05, 0) is 29.7 Å². The maximum atomic E-state index is 12.8. The normalized spacial score (nSPS) is 20.3. The summed E-state index contributed by atoms with van der Waals surface area (Å²) in [6, 6.07) is 17.4. The van der Waals surface area contributed by atoms with Crippen molar-refractivity contribution in [3.05, 3.63) is 71.8 Å². The predicted molar refractivity (Wildman–Crippen MR) is 103 cm³/mol. The van der Waals surface area contributed by atoms with Crippen molar-refractivity contribution in [2.75, 3.05) is 14.2 Å². The quantitative estimate of drug-likeness (QED) is 0.798. The van der Waals surface area contributed by atoms with Crippen LogP contribution in [-0.4, -0.2) is 31.6 Å². The molecule has 0 saturated carbocycles. The minimum atomic E-state index is -1.14. The largest absolute Gasteiger partial charge is 0.497 e. The van der Waals surface area contributed by atoms with Crippen LogP contribution in [0.15, 0.2) is 60.7 Å². The molecule has 5 heteroatoms. The Bertz CT molecular complexity index is 846. The summed E-state index contributed by atoms with van der Waals surface area (Å²) < 4.78 is 10.4. The van der Waals surface area contributed by atoms with Crippen LogP contribution in [0.3, 0.4) is 0 Å². The fourth-order valence-electron chi connectivity index (χ4n) is 3.55. The fourth-order valence-corrected chi connectivity index (χ4v) is 3.55. The molecule has 0 bridgehead atoms. The standard InChI is InChI=1S/C22H23NO4/c1-26-18-10-6-9-17(15-18)19(12-11-16-7-4-3-5-8-16)22(21(25)27-2)14-13-20(24)23-22/h3-12,15,19H,13-14H2,1-2H3,(H,23,24)/b12-11-/t19-,22-/m1/s1. The molecule has 2 atom stereocenters. The van der Waals surface area contributed by atoms with Crippen molar-refractivity contribution in [1.29, 1.82) is 0 Å². The Morgan fingerprint density at radius 2 is 1.93 bits per heavy atom. The zero-order valence-electron chi connectivity index (χ0n) is 15.5. The maximum Gasteiger partial charge on any atom is 0.332 e. The number of rotatable bonds is 6. The maximum absolute atomic E-state index is 12.8. The Kier molecular flexibility index (Phi) is 5.60. The van der Waals surface area contributed by atoms with Crippen LogP contribution in [0.5, 0.6) is 5.75 Å². The lowest BCUT2D eigenvalue weighted by atomic mass is 9.77. The number of benzene rings is 2. The van der Waals surface area contributed by atoms with Crippen molar-refractivity contribution in [2.24, 2.45) is 0 Å². The van der Waals surface area contributed by atoms with E-state index in [-0.39, 0.29) is 12.3 Å². The number of ether oxygens (including phenoxy) is 2. The molecular weight excluding hydrogens is 342 g/mol. The van der Waals surface area contributed by atoms with Gasteiger partial charge in [-0.1, -0.05) is 54.6 Å². The van der Waals surface area contributed by atoms with Gasteiger partial charge >= 0.3 is 5.97 Å². The van der Waals surface area contributed by atoms with Crippen LogP contribution >= 0.6 is 0 Å². The van der Waals surface area contributed by atoms with Gasteiger partial charge in [-0.3, -0.25) is 4.79 Å². The SMILES string of the molecule is COC(=O)[C@]1([C@H](/C=C\c2ccccc2)c2cccc(OC)c2)CCC(=O)N1. The van der Waals surface area contributed by atoms with E-state index >= 15 is 0 Å². The first-order chi connectivity index (χ1) is 13.1. The first kappa shape index (κ1) is 18.7. The highest BCUT2D eigenvalue weighted by molar-refractivity contribution is 5.93. The van der Waals surface area contributed by atoms with E-state index in [2.05, 4.69) is 5.32 Å². The molecule has 1 aliphatic heterocycles. The van der Waals surface area contributed by atoms with E-state index in [1.807, 2.05) is 66.7 Å². The second kappa shape index (κ2) is 8.08. The number of carbonyl (C=O) groups is 2. The lowest BCUT2D eigenvalue weighted by Crippen LogP contribution is -2.53. The molecule has 1 heterocycles. The van der Waals surface area contributed by atoms with E-state index in [4.69, 9.17) is 9.47 Å². The van der Waals surface area contributed by atoms with Crippen LogP contribution in [0.2, 0.25) is 0 Å². The highest BCUT2D eigenvalue weighted by atomic mass is 16.5. The summed E-state index contributed by atoms with van der Waals surface area (Å²) in [6.45, 7) is 0. The molecule has 1 fully saturated rings. The molecule has 27 heavy (non-hydrogen) atoms.